The lowest BCUT2D eigenvalue weighted by Gasteiger charge is -2.36. The average Bonchev–Trinajstić information content (AvgIpc) is 2.92. The Labute approximate surface area is 121 Å². The van der Waals surface area contributed by atoms with Crippen LogP contribution in [-0.2, 0) is 15.4 Å². The molecule has 1 heterocycles. The summed E-state index contributed by atoms with van der Waals surface area (Å²) in [6.45, 7) is 0.529. The molecule has 6 heteroatoms. The zero-order valence-electron chi connectivity index (χ0n) is 10.2. The first kappa shape index (κ1) is 14.5. The van der Waals surface area contributed by atoms with Crippen LogP contribution in [0.2, 0.25) is 0 Å². The molecule has 1 N–H and O–H groups in total. The van der Waals surface area contributed by atoms with Crippen LogP contribution in [-0.4, -0.2) is 19.6 Å². The quantitative estimate of drug-likeness (QED) is 0.827. The molecule has 3 nitrogen and oxygen atoms in total. The Morgan fingerprint density at radius 3 is 2.61 bits per heavy atom. The minimum absolute atomic E-state index is 0.0155. The van der Waals surface area contributed by atoms with E-state index in [2.05, 4.69) is 38.2 Å². The van der Waals surface area contributed by atoms with Gasteiger partial charge in [0.25, 0.3) is 0 Å². The monoisotopic (exact) mass is 351 g/mol. The summed E-state index contributed by atoms with van der Waals surface area (Å²) in [5, 5.41) is 2.07. The standard InChI is InChI=1S/C12H18BrNO2S2/c13-10-18(15,16)14-9-12(6-2-1-3-7-12)11-5-4-8-17-11/h4-5,8,14H,1-3,6-7,9-10H2. The summed E-state index contributed by atoms with van der Waals surface area (Å²) < 4.78 is 25.9. The second-order valence-electron chi connectivity index (χ2n) is 4.86. The van der Waals surface area contributed by atoms with Crippen molar-refractivity contribution in [1.29, 1.82) is 0 Å². The van der Waals surface area contributed by atoms with Gasteiger partial charge in [-0.25, -0.2) is 13.1 Å². The molecule has 1 aliphatic carbocycles. The van der Waals surface area contributed by atoms with Gasteiger partial charge in [-0.05, 0) is 24.3 Å². The summed E-state index contributed by atoms with van der Waals surface area (Å²) in [6, 6.07) is 4.19. The highest BCUT2D eigenvalue weighted by molar-refractivity contribution is 9.10. The van der Waals surface area contributed by atoms with E-state index in [4.69, 9.17) is 0 Å². The topological polar surface area (TPSA) is 46.2 Å². The number of hydrogen-bond donors (Lipinski definition) is 1. The summed E-state index contributed by atoms with van der Waals surface area (Å²) >= 11 is 4.75. The summed E-state index contributed by atoms with van der Waals surface area (Å²) in [7, 11) is -3.18. The highest BCUT2D eigenvalue weighted by atomic mass is 79.9. The van der Waals surface area contributed by atoms with Gasteiger partial charge in [-0.3, -0.25) is 0 Å². The maximum absolute atomic E-state index is 11.6. The van der Waals surface area contributed by atoms with Crippen molar-refractivity contribution in [3.05, 3.63) is 22.4 Å². The van der Waals surface area contributed by atoms with Crippen molar-refractivity contribution in [3.63, 3.8) is 0 Å². The molecule has 1 aromatic rings. The predicted molar refractivity (Wildman–Crippen MR) is 79.8 cm³/mol. The fourth-order valence-electron chi connectivity index (χ4n) is 2.61. The van der Waals surface area contributed by atoms with E-state index in [0.717, 1.165) is 12.8 Å². The van der Waals surface area contributed by atoms with E-state index < -0.39 is 10.0 Å². The molecule has 1 aliphatic rings. The third-order valence-electron chi connectivity index (χ3n) is 3.63. The van der Waals surface area contributed by atoms with Crippen LogP contribution in [0.25, 0.3) is 0 Å². The van der Waals surface area contributed by atoms with Crippen LogP contribution >= 0.6 is 27.3 Å². The lowest BCUT2D eigenvalue weighted by Crippen LogP contribution is -2.41. The Kier molecular flexibility index (Phi) is 4.86. The Hall–Kier alpha value is 0.0900. The Bertz CT molecular complexity index is 464. The molecular weight excluding hydrogens is 334 g/mol. The van der Waals surface area contributed by atoms with E-state index in [9.17, 15) is 8.42 Å². The van der Waals surface area contributed by atoms with Crippen molar-refractivity contribution in [3.8, 4) is 0 Å². The molecule has 0 aliphatic heterocycles. The lowest BCUT2D eigenvalue weighted by molar-refractivity contribution is 0.298. The second kappa shape index (κ2) is 6.03. The number of sulfonamides is 1. The first-order valence-electron chi connectivity index (χ1n) is 6.15. The zero-order valence-corrected chi connectivity index (χ0v) is 13.4. The number of rotatable bonds is 5. The Morgan fingerprint density at radius 1 is 1.33 bits per heavy atom. The average molecular weight is 352 g/mol. The van der Waals surface area contributed by atoms with E-state index in [1.807, 2.05) is 0 Å². The van der Waals surface area contributed by atoms with Gasteiger partial charge in [0.2, 0.25) is 10.0 Å². The van der Waals surface area contributed by atoms with Crippen molar-refractivity contribution in [1.82, 2.24) is 4.72 Å². The van der Waals surface area contributed by atoms with Gasteiger partial charge in [0.15, 0.2) is 0 Å². The van der Waals surface area contributed by atoms with Crippen LogP contribution in [0.3, 0.4) is 0 Å². The third-order valence-corrected chi connectivity index (χ3v) is 7.42. The van der Waals surface area contributed by atoms with Gasteiger partial charge in [0.1, 0.15) is 4.66 Å². The minimum Gasteiger partial charge on any atom is -0.214 e. The third kappa shape index (κ3) is 3.35. The molecule has 0 bridgehead atoms. The highest BCUT2D eigenvalue weighted by Gasteiger charge is 2.35. The van der Waals surface area contributed by atoms with Crippen molar-refractivity contribution < 1.29 is 8.42 Å². The van der Waals surface area contributed by atoms with E-state index in [1.165, 1.54) is 24.1 Å². The SMILES string of the molecule is O=S(=O)(CBr)NCC1(c2cccs2)CCCCC1. The Balaban J connectivity index is 2.16. The Morgan fingerprint density at radius 2 is 2.06 bits per heavy atom. The van der Waals surface area contributed by atoms with Gasteiger partial charge in [0.05, 0.1) is 0 Å². The minimum atomic E-state index is -3.18. The molecule has 2 rings (SSSR count). The summed E-state index contributed by atoms with van der Waals surface area (Å²) in [4.78, 5) is 1.32. The predicted octanol–water partition coefficient (Wildman–Crippen LogP) is 3.22. The van der Waals surface area contributed by atoms with Gasteiger partial charge in [-0.1, -0.05) is 41.3 Å². The molecule has 0 aromatic carbocycles. The molecular formula is C12H18BrNO2S2. The van der Waals surface area contributed by atoms with Crippen LogP contribution in [0.1, 0.15) is 37.0 Å². The first-order valence-corrected chi connectivity index (χ1v) is 9.81. The molecule has 1 aromatic heterocycles. The van der Waals surface area contributed by atoms with Gasteiger partial charge < -0.3 is 0 Å². The number of alkyl halides is 1. The lowest BCUT2D eigenvalue weighted by atomic mass is 9.73. The number of halogens is 1. The molecule has 0 radical (unpaired) electrons. The molecule has 0 spiro atoms. The van der Waals surface area contributed by atoms with E-state index in [-0.39, 0.29) is 10.1 Å². The fourth-order valence-corrected chi connectivity index (χ4v) is 4.65. The van der Waals surface area contributed by atoms with Gasteiger partial charge in [-0.15, -0.1) is 11.3 Å². The second-order valence-corrected chi connectivity index (χ2v) is 8.92. The van der Waals surface area contributed by atoms with Crippen LogP contribution < -0.4 is 4.72 Å². The van der Waals surface area contributed by atoms with E-state index in [0.29, 0.717) is 6.54 Å². The first-order chi connectivity index (χ1) is 8.58. The van der Waals surface area contributed by atoms with Gasteiger partial charge in [-0.2, -0.15) is 0 Å². The molecule has 1 fully saturated rings. The number of nitrogens with one attached hydrogen (secondary N) is 1. The molecule has 0 unspecified atom stereocenters. The van der Waals surface area contributed by atoms with Crippen molar-refractivity contribution in [2.75, 3.05) is 11.2 Å². The summed E-state index contributed by atoms with van der Waals surface area (Å²) in [5.74, 6) is 0. The van der Waals surface area contributed by atoms with E-state index in [1.54, 1.807) is 11.3 Å². The van der Waals surface area contributed by atoms with Crippen molar-refractivity contribution >= 4 is 37.3 Å². The molecule has 18 heavy (non-hydrogen) atoms. The zero-order chi connectivity index (χ0) is 13.1. The smallest absolute Gasteiger partial charge is 0.214 e. The summed E-state index contributed by atoms with van der Waals surface area (Å²) in [6.07, 6.45) is 5.80. The van der Waals surface area contributed by atoms with Crippen LogP contribution in [0.15, 0.2) is 17.5 Å². The summed E-state index contributed by atoms with van der Waals surface area (Å²) in [5.41, 5.74) is 0.0155. The molecule has 102 valence electrons. The number of hydrogen-bond acceptors (Lipinski definition) is 3. The largest absolute Gasteiger partial charge is 0.221 e. The van der Waals surface area contributed by atoms with Crippen LogP contribution in [0, 0.1) is 0 Å². The molecule has 1 saturated carbocycles. The van der Waals surface area contributed by atoms with Gasteiger partial charge in [0, 0.05) is 16.8 Å². The van der Waals surface area contributed by atoms with E-state index >= 15 is 0 Å². The fraction of sp³-hybridized carbons (Fsp3) is 0.667. The van der Waals surface area contributed by atoms with Gasteiger partial charge >= 0.3 is 0 Å². The molecule has 0 atom stereocenters. The molecule has 0 amide bonds. The number of thiophene rings is 1. The maximum Gasteiger partial charge on any atom is 0.221 e. The maximum atomic E-state index is 11.6. The normalized spacial score (nSPS) is 19.8. The van der Waals surface area contributed by atoms with Crippen molar-refractivity contribution in [2.24, 2.45) is 0 Å². The van der Waals surface area contributed by atoms with Crippen LogP contribution in [0.5, 0.6) is 0 Å². The highest BCUT2D eigenvalue weighted by Crippen LogP contribution is 2.41. The van der Waals surface area contributed by atoms with Crippen LogP contribution in [0.4, 0.5) is 0 Å². The molecule has 0 saturated heterocycles. The van der Waals surface area contributed by atoms with Crippen molar-refractivity contribution in [2.45, 2.75) is 37.5 Å².